The molecule has 0 atom stereocenters. The Morgan fingerprint density at radius 2 is 1.68 bits per heavy atom. The Morgan fingerprint density at radius 1 is 0.941 bits per heavy atom. The summed E-state index contributed by atoms with van der Waals surface area (Å²) in [5.74, 6) is 1.23. The molecule has 1 N–H and O–H groups in total. The van der Waals surface area contributed by atoms with Crippen LogP contribution in [0.4, 0.5) is 11.5 Å². The lowest BCUT2D eigenvalue weighted by Crippen LogP contribution is -2.49. The zero-order valence-corrected chi connectivity index (χ0v) is 19.9. The van der Waals surface area contributed by atoms with Crippen LogP contribution in [-0.2, 0) is 0 Å². The molecule has 7 heteroatoms. The molecule has 3 aromatic rings. The molecular weight excluding hydrogens is 428 g/mol. The lowest BCUT2D eigenvalue weighted by atomic mass is 10.0. The predicted octanol–water partition coefficient (Wildman–Crippen LogP) is 4.31. The van der Waals surface area contributed by atoms with Crippen LogP contribution in [0, 0.1) is 13.8 Å². The molecule has 176 valence electrons. The molecule has 1 aliphatic rings. The van der Waals surface area contributed by atoms with E-state index in [1.807, 2.05) is 68.1 Å². The second-order valence-corrected chi connectivity index (χ2v) is 8.32. The topological polar surface area (TPSA) is 74.8 Å². The maximum atomic E-state index is 13.0. The van der Waals surface area contributed by atoms with Crippen molar-refractivity contribution in [2.75, 3.05) is 43.0 Å². The van der Waals surface area contributed by atoms with E-state index in [1.54, 1.807) is 18.3 Å². The van der Waals surface area contributed by atoms with Crippen LogP contribution in [-0.4, -0.2) is 54.5 Å². The van der Waals surface area contributed by atoms with Crippen molar-refractivity contribution in [3.05, 3.63) is 83.0 Å². The normalized spacial score (nSPS) is 13.5. The van der Waals surface area contributed by atoms with E-state index in [4.69, 9.17) is 4.74 Å². The quantitative estimate of drug-likeness (QED) is 0.596. The van der Waals surface area contributed by atoms with Gasteiger partial charge < -0.3 is 19.9 Å². The molecule has 0 radical (unpaired) electrons. The SMILES string of the molecule is CCOc1ccccc1C(=O)Nc1ccc(N2CCN(C(=O)c3cccc(C)c3C)CC2)nc1. The minimum atomic E-state index is -0.239. The summed E-state index contributed by atoms with van der Waals surface area (Å²) >= 11 is 0. The first-order valence-electron chi connectivity index (χ1n) is 11.6. The van der Waals surface area contributed by atoms with Gasteiger partial charge in [-0.2, -0.15) is 0 Å². The van der Waals surface area contributed by atoms with Gasteiger partial charge in [0, 0.05) is 31.7 Å². The van der Waals surface area contributed by atoms with Crippen LogP contribution in [0.2, 0.25) is 0 Å². The number of pyridine rings is 1. The van der Waals surface area contributed by atoms with E-state index >= 15 is 0 Å². The number of carbonyl (C=O) groups excluding carboxylic acids is 2. The molecule has 2 amide bonds. The number of rotatable bonds is 6. The van der Waals surface area contributed by atoms with Gasteiger partial charge in [0.1, 0.15) is 11.6 Å². The van der Waals surface area contributed by atoms with E-state index in [2.05, 4.69) is 15.2 Å². The maximum Gasteiger partial charge on any atom is 0.259 e. The molecule has 2 heterocycles. The standard InChI is InChI=1S/C27H30N4O3/c1-4-34-24-11-6-5-9-23(24)26(32)29-21-12-13-25(28-18-21)30-14-16-31(17-15-30)27(33)22-10-7-8-19(2)20(22)3/h5-13,18H,4,14-17H2,1-3H3,(H,29,32). The number of ether oxygens (including phenoxy) is 1. The average Bonchev–Trinajstić information content (AvgIpc) is 2.86. The van der Waals surface area contributed by atoms with Crippen molar-refractivity contribution in [2.24, 2.45) is 0 Å². The molecule has 0 unspecified atom stereocenters. The van der Waals surface area contributed by atoms with Crippen LogP contribution in [0.5, 0.6) is 5.75 Å². The number of aromatic nitrogens is 1. The molecule has 0 spiro atoms. The zero-order chi connectivity index (χ0) is 24.1. The Kier molecular flexibility index (Phi) is 7.11. The van der Waals surface area contributed by atoms with E-state index in [9.17, 15) is 9.59 Å². The van der Waals surface area contributed by atoms with E-state index in [0.717, 1.165) is 22.5 Å². The summed E-state index contributed by atoms with van der Waals surface area (Å²) in [6, 6.07) is 16.8. The number of benzene rings is 2. The molecule has 34 heavy (non-hydrogen) atoms. The molecule has 1 aliphatic heterocycles. The molecule has 0 aliphatic carbocycles. The molecule has 1 saturated heterocycles. The van der Waals surface area contributed by atoms with Gasteiger partial charge in [-0.05, 0) is 62.2 Å². The third-order valence-electron chi connectivity index (χ3n) is 6.16. The summed E-state index contributed by atoms with van der Waals surface area (Å²) < 4.78 is 5.55. The van der Waals surface area contributed by atoms with Gasteiger partial charge in [0.2, 0.25) is 0 Å². The number of hydrogen-bond donors (Lipinski definition) is 1. The fourth-order valence-corrected chi connectivity index (χ4v) is 4.07. The second kappa shape index (κ2) is 10.4. The van der Waals surface area contributed by atoms with Crippen LogP contribution in [0.15, 0.2) is 60.8 Å². The van der Waals surface area contributed by atoms with Crippen molar-refractivity contribution in [2.45, 2.75) is 20.8 Å². The molecule has 0 saturated carbocycles. The van der Waals surface area contributed by atoms with Crippen LogP contribution in [0.1, 0.15) is 38.8 Å². The van der Waals surface area contributed by atoms with Crippen molar-refractivity contribution >= 4 is 23.3 Å². The maximum absolute atomic E-state index is 13.0. The summed E-state index contributed by atoms with van der Waals surface area (Å²) in [6.07, 6.45) is 1.66. The highest BCUT2D eigenvalue weighted by molar-refractivity contribution is 6.06. The number of nitrogens with zero attached hydrogens (tertiary/aromatic N) is 3. The van der Waals surface area contributed by atoms with Crippen LogP contribution in [0.3, 0.4) is 0 Å². The van der Waals surface area contributed by atoms with Crippen molar-refractivity contribution in [3.63, 3.8) is 0 Å². The first kappa shape index (κ1) is 23.3. The van der Waals surface area contributed by atoms with Gasteiger partial charge in [-0.1, -0.05) is 24.3 Å². The minimum Gasteiger partial charge on any atom is -0.493 e. The number of hydrogen-bond acceptors (Lipinski definition) is 5. The number of para-hydroxylation sites is 1. The highest BCUT2D eigenvalue weighted by Crippen LogP contribution is 2.22. The van der Waals surface area contributed by atoms with Gasteiger partial charge in [-0.25, -0.2) is 4.98 Å². The van der Waals surface area contributed by atoms with E-state index < -0.39 is 0 Å². The Labute approximate surface area is 200 Å². The highest BCUT2D eigenvalue weighted by atomic mass is 16.5. The molecule has 1 fully saturated rings. The summed E-state index contributed by atoms with van der Waals surface area (Å²) in [5, 5.41) is 2.88. The zero-order valence-electron chi connectivity index (χ0n) is 19.9. The third kappa shape index (κ3) is 5.03. The predicted molar refractivity (Wildman–Crippen MR) is 134 cm³/mol. The van der Waals surface area contributed by atoms with Crippen LogP contribution < -0.4 is 15.0 Å². The van der Waals surface area contributed by atoms with Gasteiger partial charge >= 0.3 is 0 Å². The van der Waals surface area contributed by atoms with Crippen molar-refractivity contribution in [1.29, 1.82) is 0 Å². The number of amides is 2. The lowest BCUT2D eigenvalue weighted by molar-refractivity contribution is 0.0745. The lowest BCUT2D eigenvalue weighted by Gasteiger charge is -2.35. The van der Waals surface area contributed by atoms with Crippen molar-refractivity contribution in [1.82, 2.24) is 9.88 Å². The second-order valence-electron chi connectivity index (χ2n) is 8.32. The Balaban J connectivity index is 1.36. The number of piperazine rings is 1. The van der Waals surface area contributed by atoms with Gasteiger partial charge in [-0.15, -0.1) is 0 Å². The fraction of sp³-hybridized carbons (Fsp3) is 0.296. The van der Waals surface area contributed by atoms with Gasteiger partial charge in [-0.3, -0.25) is 9.59 Å². The summed E-state index contributed by atoms with van der Waals surface area (Å²) in [7, 11) is 0. The molecule has 1 aromatic heterocycles. The van der Waals surface area contributed by atoms with Crippen LogP contribution in [0.25, 0.3) is 0 Å². The first-order chi connectivity index (χ1) is 16.5. The molecule has 2 aromatic carbocycles. The molecular formula is C27H30N4O3. The largest absolute Gasteiger partial charge is 0.493 e. The van der Waals surface area contributed by atoms with Crippen molar-refractivity contribution < 1.29 is 14.3 Å². The summed E-state index contributed by atoms with van der Waals surface area (Å²) in [5.41, 5.74) is 4.04. The Hall–Kier alpha value is -3.87. The number of carbonyl (C=O) groups is 2. The Bertz CT molecular complexity index is 1170. The van der Waals surface area contributed by atoms with Gasteiger partial charge in [0.05, 0.1) is 24.1 Å². The van der Waals surface area contributed by atoms with Crippen LogP contribution >= 0.6 is 0 Å². The monoisotopic (exact) mass is 458 g/mol. The van der Waals surface area contributed by atoms with E-state index in [-0.39, 0.29) is 11.8 Å². The van der Waals surface area contributed by atoms with E-state index in [1.165, 1.54) is 0 Å². The fourth-order valence-electron chi connectivity index (χ4n) is 4.07. The number of aryl methyl sites for hydroxylation is 1. The summed E-state index contributed by atoms with van der Waals surface area (Å²) in [4.78, 5) is 34.3. The minimum absolute atomic E-state index is 0.0826. The third-order valence-corrected chi connectivity index (χ3v) is 6.16. The first-order valence-corrected chi connectivity index (χ1v) is 11.6. The smallest absolute Gasteiger partial charge is 0.259 e. The number of nitrogens with one attached hydrogen (secondary N) is 1. The molecule has 0 bridgehead atoms. The summed E-state index contributed by atoms with van der Waals surface area (Å²) in [6.45, 7) is 9.09. The molecule has 7 nitrogen and oxygen atoms in total. The molecule has 4 rings (SSSR count). The Morgan fingerprint density at radius 3 is 2.38 bits per heavy atom. The van der Waals surface area contributed by atoms with Crippen molar-refractivity contribution in [3.8, 4) is 5.75 Å². The van der Waals surface area contributed by atoms with E-state index in [0.29, 0.717) is 49.8 Å². The highest BCUT2D eigenvalue weighted by Gasteiger charge is 2.24. The number of anilines is 2. The van der Waals surface area contributed by atoms with Gasteiger partial charge in [0.15, 0.2) is 0 Å². The average molecular weight is 459 g/mol. The van der Waals surface area contributed by atoms with Gasteiger partial charge in [0.25, 0.3) is 11.8 Å².